The predicted molar refractivity (Wildman–Crippen MR) is 58.5 cm³/mol. The molecule has 0 atom stereocenters. The van der Waals surface area contributed by atoms with Crippen LogP contribution in [0.3, 0.4) is 0 Å². The average molecular weight is 206 g/mol. The van der Waals surface area contributed by atoms with Gasteiger partial charge in [-0.25, -0.2) is 0 Å². The van der Waals surface area contributed by atoms with Gasteiger partial charge in [0.1, 0.15) is 0 Å². The standard InChI is InChI=1S/C12H14O3/c13-9-1-2-10-3-5-11(6-4-10)7-8-12(14)15/h1-6,13H,7-9H2,(H,14,15). The molecule has 0 radical (unpaired) electrons. The molecule has 2 N–H and O–H groups in total. The Bertz CT molecular complexity index is 338. The quantitative estimate of drug-likeness (QED) is 0.771. The van der Waals surface area contributed by atoms with E-state index in [1.165, 1.54) is 0 Å². The summed E-state index contributed by atoms with van der Waals surface area (Å²) in [7, 11) is 0. The number of benzene rings is 1. The molecule has 0 aromatic heterocycles. The molecular formula is C12H14O3. The molecule has 0 aliphatic heterocycles. The maximum Gasteiger partial charge on any atom is 0.303 e. The molecule has 0 spiro atoms. The normalized spacial score (nSPS) is 10.7. The topological polar surface area (TPSA) is 57.5 Å². The third kappa shape index (κ3) is 4.42. The molecule has 0 aliphatic rings. The molecule has 80 valence electrons. The van der Waals surface area contributed by atoms with Gasteiger partial charge in [0.25, 0.3) is 0 Å². The first-order valence-corrected chi connectivity index (χ1v) is 4.80. The Morgan fingerprint density at radius 1 is 1.27 bits per heavy atom. The zero-order chi connectivity index (χ0) is 11.1. The summed E-state index contributed by atoms with van der Waals surface area (Å²) in [6.07, 6.45) is 4.19. The van der Waals surface area contributed by atoms with Crippen molar-refractivity contribution in [1.29, 1.82) is 0 Å². The molecule has 15 heavy (non-hydrogen) atoms. The maximum absolute atomic E-state index is 10.3. The van der Waals surface area contributed by atoms with E-state index in [4.69, 9.17) is 10.2 Å². The van der Waals surface area contributed by atoms with Crippen LogP contribution in [-0.2, 0) is 11.2 Å². The second-order valence-corrected chi connectivity index (χ2v) is 3.22. The van der Waals surface area contributed by atoms with Crippen LogP contribution in [0.5, 0.6) is 0 Å². The van der Waals surface area contributed by atoms with Gasteiger partial charge in [-0.3, -0.25) is 4.79 Å². The van der Waals surface area contributed by atoms with Gasteiger partial charge in [0, 0.05) is 6.42 Å². The van der Waals surface area contributed by atoms with Gasteiger partial charge in [0.2, 0.25) is 0 Å². The number of aliphatic carboxylic acids is 1. The molecular weight excluding hydrogens is 192 g/mol. The van der Waals surface area contributed by atoms with E-state index < -0.39 is 5.97 Å². The lowest BCUT2D eigenvalue weighted by Gasteiger charge is -1.99. The first-order valence-electron chi connectivity index (χ1n) is 4.80. The second kappa shape index (κ2) is 5.98. The number of rotatable bonds is 5. The van der Waals surface area contributed by atoms with Gasteiger partial charge in [0.05, 0.1) is 6.61 Å². The number of carboxylic acid groups (broad SMARTS) is 1. The molecule has 3 heteroatoms. The summed E-state index contributed by atoms with van der Waals surface area (Å²) in [5.41, 5.74) is 2.02. The summed E-state index contributed by atoms with van der Waals surface area (Å²) < 4.78 is 0. The minimum atomic E-state index is -0.778. The SMILES string of the molecule is O=C(O)CCc1ccc(C=CCO)cc1. The fraction of sp³-hybridized carbons (Fsp3) is 0.250. The van der Waals surface area contributed by atoms with Crippen molar-refractivity contribution in [3.63, 3.8) is 0 Å². The number of hydrogen-bond donors (Lipinski definition) is 2. The maximum atomic E-state index is 10.3. The van der Waals surface area contributed by atoms with Crippen molar-refractivity contribution < 1.29 is 15.0 Å². The van der Waals surface area contributed by atoms with Crippen molar-refractivity contribution in [2.75, 3.05) is 6.61 Å². The fourth-order valence-corrected chi connectivity index (χ4v) is 1.24. The highest BCUT2D eigenvalue weighted by molar-refractivity contribution is 5.67. The Morgan fingerprint density at radius 2 is 1.93 bits per heavy atom. The molecule has 3 nitrogen and oxygen atoms in total. The third-order valence-corrected chi connectivity index (χ3v) is 2.02. The Labute approximate surface area is 88.7 Å². The van der Waals surface area contributed by atoms with Crippen molar-refractivity contribution in [3.05, 3.63) is 41.5 Å². The molecule has 1 aromatic rings. The number of aliphatic hydroxyl groups is 1. The highest BCUT2D eigenvalue weighted by Gasteiger charge is 1.98. The Morgan fingerprint density at radius 3 is 2.47 bits per heavy atom. The van der Waals surface area contributed by atoms with Crippen LogP contribution in [0.15, 0.2) is 30.3 Å². The van der Waals surface area contributed by atoms with Crippen molar-refractivity contribution >= 4 is 12.0 Å². The summed E-state index contributed by atoms with van der Waals surface area (Å²) >= 11 is 0. The van der Waals surface area contributed by atoms with E-state index in [1.54, 1.807) is 6.08 Å². The molecule has 0 bridgehead atoms. The molecule has 1 rings (SSSR count). The van der Waals surface area contributed by atoms with Crippen LogP contribution in [0.4, 0.5) is 0 Å². The van der Waals surface area contributed by atoms with E-state index in [1.807, 2.05) is 30.3 Å². The molecule has 0 saturated carbocycles. The van der Waals surface area contributed by atoms with Crippen LogP contribution in [-0.4, -0.2) is 22.8 Å². The van der Waals surface area contributed by atoms with Gasteiger partial charge in [-0.1, -0.05) is 36.4 Å². The van der Waals surface area contributed by atoms with E-state index in [-0.39, 0.29) is 13.0 Å². The van der Waals surface area contributed by atoms with Gasteiger partial charge in [-0.15, -0.1) is 0 Å². The summed E-state index contributed by atoms with van der Waals surface area (Å²) in [5.74, 6) is -0.778. The summed E-state index contributed by atoms with van der Waals surface area (Å²) in [4.78, 5) is 10.3. The predicted octanol–water partition coefficient (Wildman–Crippen LogP) is 1.71. The molecule has 0 heterocycles. The van der Waals surface area contributed by atoms with Crippen molar-refractivity contribution in [2.45, 2.75) is 12.8 Å². The van der Waals surface area contributed by atoms with Crippen LogP contribution < -0.4 is 0 Å². The lowest BCUT2D eigenvalue weighted by atomic mass is 10.1. The zero-order valence-corrected chi connectivity index (χ0v) is 8.39. The van der Waals surface area contributed by atoms with Crippen LogP contribution in [0, 0.1) is 0 Å². The first kappa shape index (κ1) is 11.5. The van der Waals surface area contributed by atoms with E-state index in [0.29, 0.717) is 6.42 Å². The van der Waals surface area contributed by atoms with Crippen molar-refractivity contribution in [3.8, 4) is 0 Å². The number of aryl methyl sites for hydroxylation is 1. The van der Waals surface area contributed by atoms with E-state index in [9.17, 15) is 4.79 Å². The third-order valence-electron chi connectivity index (χ3n) is 2.02. The van der Waals surface area contributed by atoms with Crippen LogP contribution in [0.2, 0.25) is 0 Å². The van der Waals surface area contributed by atoms with Crippen LogP contribution >= 0.6 is 0 Å². The first-order chi connectivity index (χ1) is 7.22. The molecule has 0 aliphatic carbocycles. The molecule has 1 aromatic carbocycles. The summed E-state index contributed by atoms with van der Waals surface area (Å²) in [5, 5.41) is 17.1. The minimum Gasteiger partial charge on any atom is -0.481 e. The van der Waals surface area contributed by atoms with Crippen molar-refractivity contribution in [2.24, 2.45) is 0 Å². The number of hydrogen-bond acceptors (Lipinski definition) is 2. The highest BCUT2D eigenvalue weighted by atomic mass is 16.4. The molecule has 0 saturated heterocycles. The van der Waals surface area contributed by atoms with Gasteiger partial charge < -0.3 is 10.2 Å². The Hall–Kier alpha value is -1.61. The smallest absolute Gasteiger partial charge is 0.303 e. The lowest BCUT2D eigenvalue weighted by molar-refractivity contribution is -0.136. The van der Waals surface area contributed by atoms with Crippen molar-refractivity contribution in [1.82, 2.24) is 0 Å². The highest BCUT2D eigenvalue weighted by Crippen LogP contribution is 2.08. The van der Waals surface area contributed by atoms with Gasteiger partial charge in [-0.05, 0) is 17.5 Å². The van der Waals surface area contributed by atoms with E-state index >= 15 is 0 Å². The largest absolute Gasteiger partial charge is 0.481 e. The Kier molecular flexibility index (Phi) is 4.57. The number of aliphatic hydroxyl groups excluding tert-OH is 1. The fourth-order valence-electron chi connectivity index (χ4n) is 1.24. The minimum absolute atomic E-state index is 0.0285. The van der Waals surface area contributed by atoms with E-state index in [0.717, 1.165) is 11.1 Å². The Balaban J connectivity index is 2.56. The second-order valence-electron chi connectivity index (χ2n) is 3.22. The molecule has 0 fully saturated rings. The monoisotopic (exact) mass is 206 g/mol. The summed E-state index contributed by atoms with van der Waals surface area (Å²) in [6, 6.07) is 7.62. The number of carboxylic acids is 1. The lowest BCUT2D eigenvalue weighted by Crippen LogP contribution is -1.97. The molecule has 0 unspecified atom stereocenters. The van der Waals surface area contributed by atoms with Gasteiger partial charge in [0.15, 0.2) is 0 Å². The average Bonchev–Trinajstić information content (AvgIpc) is 2.25. The van der Waals surface area contributed by atoms with Crippen LogP contribution in [0.25, 0.3) is 6.08 Å². The van der Waals surface area contributed by atoms with Gasteiger partial charge in [-0.2, -0.15) is 0 Å². The van der Waals surface area contributed by atoms with Gasteiger partial charge >= 0.3 is 5.97 Å². The zero-order valence-electron chi connectivity index (χ0n) is 8.39. The number of carbonyl (C=O) groups is 1. The summed E-state index contributed by atoms with van der Waals surface area (Å²) in [6.45, 7) is 0.0285. The van der Waals surface area contributed by atoms with E-state index in [2.05, 4.69) is 0 Å². The van der Waals surface area contributed by atoms with Crippen LogP contribution in [0.1, 0.15) is 17.5 Å². The molecule has 0 amide bonds.